The molecule has 1 aliphatic heterocycles. The standard InChI is InChI=1S/C27H26ClN5O3/c1-35-21-11-3-17(4-12-21)15-25(34)30-26-31-27-29-23(18-5-9-20(28)10-6-18)16-24(33(27)32-26)19-7-13-22(36-2)14-8-19/h3-14,23-24H,15-16H2,1-2H3,(H2,29,30,31,32,34)/t23-,24-/m1/s1. The Morgan fingerprint density at radius 3 is 2.22 bits per heavy atom. The van der Waals surface area contributed by atoms with E-state index in [0.29, 0.717) is 11.0 Å². The number of methoxy groups -OCH3 is 2. The molecule has 0 radical (unpaired) electrons. The first-order valence-corrected chi connectivity index (χ1v) is 12.0. The number of halogens is 1. The molecule has 4 aromatic rings. The first-order valence-electron chi connectivity index (χ1n) is 11.6. The quantitative estimate of drug-likeness (QED) is 0.357. The molecule has 0 spiro atoms. The molecule has 8 nitrogen and oxygen atoms in total. The van der Waals surface area contributed by atoms with E-state index in [-0.39, 0.29) is 30.4 Å². The second-order valence-corrected chi connectivity index (χ2v) is 8.99. The van der Waals surface area contributed by atoms with Crippen molar-refractivity contribution in [3.05, 3.63) is 94.5 Å². The minimum absolute atomic E-state index is 0.00563. The molecule has 1 aliphatic rings. The third-order valence-electron chi connectivity index (χ3n) is 6.24. The number of nitrogens with one attached hydrogen (secondary N) is 2. The molecule has 1 aromatic heterocycles. The van der Waals surface area contributed by atoms with E-state index in [2.05, 4.69) is 20.7 Å². The highest BCUT2D eigenvalue weighted by Crippen LogP contribution is 2.38. The number of carbonyl (C=O) groups excluding carboxylic acids is 1. The Bertz CT molecular complexity index is 1340. The average Bonchev–Trinajstić information content (AvgIpc) is 3.31. The molecular weight excluding hydrogens is 478 g/mol. The van der Waals surface area contributed by atoms with E-state index in [4.69, 9.17) is 21.1 Å². The van der Waals surface area contributed by atoms with Crippen LogP contribution in [0.15, 0.2) is 72.8 Å². The van der Waals surface area contributed by atoms with E-state index in [1.54, 1.807) is 14.2 Å². The average molecular weight is 504 g/mol. The Labute approximate surface area is 214 Å². The molecule has 2 atom stereocenters. The second kappa shape index (κ2) is 10.3. The van der Waals surface area contributed by atoms with Gasteiger partial charge in [-0.25, -0.2) is 4.68 Å². The van der Waals surface area contributed by atoms with Crippen LogP contribution in [-0.2, 0) is 11.2 Å². The van der Waals surface area contributed by atoms with Crippen LogP contribution in [0.4, 0.5) is 11.9 Å². The lowest BCUT2D eigenvalue weighted by Crippen LogP contribution is -2.28. The number of amides is 1. The fourth-order valence-electron chi connectivity index (χ4n) is 4.35. The smallest absolute Gasteiger partial charge is 0.250 e. The van der Waals surface area contributed by atoms with E-state index in [9.17, 15) is 4.79 Å². The number of anilines is 2. The maximum atomic E-state index is 12.7. The number of benzene rings is 3. The highest BCUT2D eigenvalue weighted by Gasteiger charge is 2.31. The van der Waals surface area contributed by atoms with Crippen LogP contribution in [-0.4, -0.2) is 34.9 Å². The monoisotopic (exact) mass is 503 g/mol. The SMILES string of the molecule is COc1ccc(CC(=O)Nc2nc3n(n2)[C@@H](c2ccc(OC)cc2)C[C@H](c2ccc(Cl)cc2)N3)cc1. The Hall–Kier alpha value is -4.04. The summed E-state index contributed by atoms with van der Waals surface area (Å²) < 4.78 is 12.3. The van der Waals surface area contributed by atoms with Crippen LogP contribution in [0.2, 0.25) is 5.02 Å². The molecule has 5 rings (SSSR count). The fourth-order valence-corrected chi connectivity index (χ4v) is 4.47. The summed E-state index contributed by atoms with van der Waals surface area (Å²) in [5.74, 6) is 2.17. The first-order chi connectivity index (χ1) is 17.5. The molecule has 0 fully saturated rings. The zero-order valence-electron chi connectivity index (χ0n) is 19.9. The maximum Gasteiger partial charge on any atom is 0.250 e. The summed E-state index contributed by atoms with van der Waals surface area (Å²) in [4.78, 5) is 17.3. The van der Waals surface area contributed by atoms with Gasteiger partial charge in [0.05, 0.1) is 32.7 Å². The van der Waals surface area contributed by atoms with Crippen molar-refractivity contribution in [1.82, 2.24) is 14.8 Å². The molecule has 0 bridgehead atoms. The normalized spacial score (nSPS) is 16.5. The van der Waals surface area contributed by atoms with Gasteiger partial charge in [-0.05, 0) is 59.5 Å². The van der Waals surface area contributed by atoms with Gasteiger partial charge in [0.25, 0.3) is 5.95 Å². The van der Waals surface area contributed by atoms with Crippen LogP contribution in [0.1, 0.15) is 35.2 Å². The van der Waals surface area contributed by atoms with Crippen molar-refractivity contribution in [2.45, 2.75) is 24.9 Å². The number of hydrogen-bond acceptors (Lipinski definition) is 6. The van der Waals surface area contributed by atoms with Crippen molar-refractivity contribution >= 4 is 29.4 Å². The van der Waals surface area contributed by atoms with E-state index >= 15 is 0 Å². The Morgan fingerprint density at radius 1 is 0.972 bits per heavy atom. The van der Waals surface area contributed by atoms with E-state index < -0.39 is 0 Å². The number of rotatable bonds is 7. The van der Waals surface area contributed by atoms with Crippen LogP contribution >= 0.6 is 11.6 Å². The summed E-state index contributed by atoms with van der Waals surface area (Å²) in [5, 5.41) is 11.6. The van der Waals surface area contributed by atoms with Gasteiger partial charge in [-0.1, -0.05) is 48.0 Å². The Kier molecular flexibility index (Phi) is 6.77. The van der Waals surface area contributed by atoms with Crippen LogP contribution in [0.3, 0.4) is 0 Å². The van der Waals surface area contributed by atoms with Gasteiger partial charge >= 0.3 is 0 Å². The molecule has 1 amide bonds. The molecule has 3 aromatic carbocycles. The van der Waals surface area contributed by atoms with Crippen molar-refractivity contribution in [3.8, 4) is 11.5 Å². The summed E-state index contributed by atoms with van der Waals surface area (Å²) in [6.07, 6.45) is 0.945. The molecule has 0 saturated heterocycles. The summed E-state index contributed by atoms with van der Waals surface area (Å²) in [6, 6.07) is 23.0. The molecule has 0 unspecified atom stereocenters. The van der Waals surface area contributed by atoms with Crippen LogP contribution in [0.5, 0.6) is 11.5 Å². The fraction of sp³-hybridized carbons (Fsp3) is 0.222. The van der Waals surface area contributed by atoms with Crippen LogP contribution in [0, 0.1) is 0 Å². The lowest BCUT2D eigenvalue weighted by Gasteiger charge is -2.31. The lowest BCUT2D eigenvalue weighted by atomic mass is 9.93. The third kappa shape index (κ3) is 5.13. The number of nitrogens with zero attached hydrogens (tertiary/aromatic N) is 3. The highest BCUT2D eigenvalue weighted by atomic mass is 35.5. The number of carbonyl (C=O) groups is 1. The second-order valence-electron chi connectivity index (χ2n) is 8.55. The molecule has 2 N–H and O–H groups in total. The predicted octanol–water partition coefficient (Wildman–Crippen LogP) is 5.28. The van der Waals surface area contributed by atoms with Crippen LogP contribution in [0.25, 0.3) is 0 Å². The third-order valence-corrected chi connectivity index (χ3v) is 6.49. The van der Waals surface area contributed by atoms with Gasteiger partial charge in [0.1, 0.15) is 11.5 Å². The number of fused-ring (bicyclic) bond motifs is 1. The Balaban J connectivity index is 1.40. The number of ether oxygens (including phenoxy) is 2. The maximum absolute atomic E-state index is 12.7. The van der Waals surface area contributed by atoms with Crippen LogP contribution < -0.4 is 20.1 Å². The van der Waals surface area contributed by atoms with E-state index in [1.807, 2.05) is 77.5 Å². The van der Waals surface area contributed by atoms with Crippen molar-refractivity contribution in [1.29, 1.82) is 0 Å². The van der Waals surface area contributed by atoms with E-state index in [1.165, 1.54) is 0 Å². The summed E-state index contributed by atoms with van der Waals surface area (Å²) >= 11 is 6.10. The molecular formula is C27H26ClN5O3. The first kappa shape index (κ1) is 23.7. The topological polar surface area (TPSA) is 90.3 Å². The number of aromatic nitrogens is 3. The molecule has 2 heterocycles. The zero-order chi connectivity index (χ0) is 25.1. The highest BCUT2D eigenvalue weighted by molar-refractivity contribution is 6.30. The predicted molar refractivity (Wildman–Crippen MR) is 139 cm³/mol. The van der Waals surface area contributed by atoms with Crippen molar-refractivity contribution < 1.29 is 14.3 Å². The molecule has 36 heavy (non-hydrogen) atoms. The van der Waals surface area contributed by atoms with E-state index in [0.717, 1.165) is 34.6 Å². The van der Waals surface area contributed by atoms with Crippen molar-refractivity contribution in [2.75, 3.05) is 24.9 Å². The van der Waals surface area contributed by atoms with Gasteiger partial charge < -0.3 is 14.8 Å². The summed E-state index contributed by atoms with van der Waals surface area (Å²) in [5.41, 5.74) is 3.03. The molecule has 9 heteroatoms. The summed E-state index contributed by atoms with van der Waals surface area (Å²) in [6.45, 7) is 0. The minimum atomic E-state index is -0.196. The van der Waals surface area contributed by atoms with Crippen molar-refractivity contribution in [3.63, 3.8) is 0 Å². The minimum Gasteiger partial charge on any atom is -0.497 e. The summed E-state index contributed by atoms with van der Waals surface area (Å²) in [7, 11) is 3.26. The molecule has 0 saturated carbocycles. The van der Waals surface area contributed by atoms with Gasteiger partial charge in [0.2, 0.25) is 11.9 Å². The van der Waals surface area contributed by atoms with Crippen molar-refractivity contribution in [2.24, 2.45) is 0 Å². The van der Waals surface area contributed by atoms with Gasteiger partial charge in [-0.2, -0.15) is 4.98 Å². The zero-order valence-corrected chi connectivity index (χ0v) is 20.7. The van der Waals surface area contributed by atoms with Gasteiger partial charge in [0.15, 0.2) is 0 Å². The Morgan fingerprint density at radius 2 is 1.58 bits per heavy atom. The molecule has 0 aliphatic carbocycles. The van der Waals surface area contributed by atoms with Gasteiger partial charge in [-0.3, -0.25) is 10.1 Å². The largest absolute Gasteiger partial charge is 0.497 e. The molecule has 184 valence electrons. The van der Waals surface area contributed by atoms with Gasteiger partial charge in [0, 0.05) is 5.02 Å². The van der Waals surface area contributed by atoms with Gasteiger partial charge in [-0.15, -0.1) is 5.10 Å². The lowest BCUT2D eigenvalue weighted by molar-refractivity contribution is -0.115. The number of hydrogen-bond donors (Lipinski definition) is 2.